The zero-order chi connectivity index (χ0) is 41.5. The number of imide groups is 1. The topological polar surface area (TPSA) is 183 Å². The van der Waals surface area contributed by atoms with Crippen LogP contribution in [0.1, 0.15) is 36.5 Å². The summed E-state index contributed by atoms with van der Waals surface area (Å²) in [6.45, 7) is 9.48. The van der Waals surface area contributed by atoms with E-state index in [2.05, 4.69) is 40.5 Å². The van der Waals surface area contributed by atoms with Gasteiger partial charge in [-0.05, 0) is 73.5 Å². The number of aliphatic hydroxyl groups is 1. The van der Waals surface area contributed by atoms with Crippen molar-refractivity contribution < 1.29 is 42.2 Å². The molecule has 3 aliphatic heterocycles. The Morgan fingerprint density at radius 3 is 2.22 bits per heavy atom. The molecule has 3 fully saturated rings. The van der Waals surface area contributed by atoms with E-state index in [1.54, 1.807) is 24.4 Å². The molecule has 3 aliphatic rings. The number of halogens is 3. The molecule has 3 saturated heterocycles. The predicted octanol–water partition coefficient (Wildman–Crippen LogP) is 2.15. The minimum Gasteiger partial charge on any atom is -0.490 e. The van der Waals surface area contributed by atoms with Crippen LogP contribution < -0.4 is 30.5 Å². The van der Waals surface area contributed by atoms with Gasteiger partial charge in [-0.1, -0.05) is 0 Å². The van der Waals surface area contributed by atoms with Crippen LogP contribution in [0.5, 0.6) is 5.75 Å². The van der Waals surface area contributed by atoms with Crippen LogP contribution >= 0.6 is 0 Å². The van der Waals surface area contributed by atoms with Crippen LogP contribution in [0.3, 0.4) is 0 Å². The molecule has 308 valence electrons. The fourth-order valence-electron chi connectivity index (χ4n) is 6.98. The first-order valence-electron chi connectivity index (χ1n) is 19.1. The summed E-state index contributed by atoms with van der Waals surface area (Å²) in [4.78, 5) is 62.6. The van der Waals surface area contributed by atoms with Crippen molar-refractivity contribution >= 4 is 40.8 Å². The number of piperidine rings is 1. The molecule has 0 saturated carbocycles. The van der Waals surface area contributed by atoms with E-state index in [-0.39, 0.29) is 30.3 Å². The molecule has 18 heteroatoms. The van der Waals surface area contributed by atoms with E-state index in [9.17, 15) is 37.5 Å². The highest BCUT2D eigenvalue weighted by Crippen LogP contribution is 2.34. The third-order valence-corrected chi connectivity index (χ3v) is 10.5. The minimum atomic E-state index is -4.79. The van der Waals surface area contributed by atoms with E-state index in [1.807, 2.05) is 18.2 Å². The van der Waals surface area contributed by atoms with Gasteiger partial charge in [0, 0.05) is 89.4 Å². The van der Waals surface area contributed by atoms with Gasteiger partial charge < -0.3 is 30.3 Å². The van der Waals surface area contributed by atoms with Gasteiger partial charge in [-0.15, -0.1) is 0 Å². The van der Waals surface area contributed by atoms with Crippen LogP contribution in [0.2, 0.25) is 0 Å². The first-order valence-corrected chi connectivity index (χ1v) is 19.1. The zero-order valence-electron chi connectivity index (χ0n) is 32.1. The maximum atomic E-state index is 13.3. The number of alkyl halides is 3. The molecule has 6 rings (SSSR count). The van der Waals surface area contributed by atoms with E-state index in [1.165, 1.54) is 13.0 Å². The number of rotatable bonds is 13. The first-order chi connectivity index (χ1) is 27.7. The van der Waals surface area contributed by atoms with E-state index < -0.39 is 47.4 Å². The number of carbonyl (C=O) groups excluding carboxylic acids is 4. The fraction of sp³-hybridized carbons (Fsp3) is 0.450. The van der Waals surface area contributed by atoms with E-state index in [0.29, 0.717) is 18.2 Å². The van der Waals surface area contributed by atoms with E-state index in [0.717, 1.165) is 94.6 Å². The van der Waals surface area contributed by atoms with Gasteiger partial charge in [0.1, 0.15) is 24.2 Å². The molecule has 2 aromatic carbocycles. The Balaban J connectivity index is 0.883. The average molecular weight is 806 g/mol. The molecule has 4 N–H and O–H groups in total. The van der Waals surface area contributed by atoms with Crippen LogP contribution in [0.4, 0.5) is 30.4 Å². The van der Waals surface area contributed by atoms with Gasteiger partial charge in [0.15, 0.2) is 5.60 Å². The number of benzene rings is 2. The standard InChI is InChI=1S/C40H46F3N9O6/c1-39(57,38(56)46-29-3-2-28(25-44)32(24-29)40(41,42)43)26-58-31-6-4-30(5-7-31)51-18-14-49(15-19-51)12-13-50-16-20-52(21-17-50)34-22-27(10-11-45-34)23-36(54)47-33-8-9-35(53)48-37(33)55/h2-7,10-11,22,24,33,57H,8-9,12-21,23,26H2,1H3,(H,46,56)(H,47,54)(H,48,53,55)/t33?,39-/m0/s1. The molecule has 1 aromatic heterocycles. The van der Waals surface area contributed by atoms with Crippen molar-refractivity contribution in [2.24, 2.45) is 0 Å². The number of carbonyl (C=O) groups is 4. The van der Waals surface area contributed by atoms with Crippen LogP contribution in [-0.2, 0) is 31.8 Å². The van der Waals surface area contributed by atoms with Crippen molar-refractivity contribution in [3.05, 3.63) is 77.5 Å². The second-order valence-electron chi connectivity index (χ2n) is 14.8. The molecule has 15 nitrogen and oxygen atoms in total. The Morgan fingerprint density at radius 1 is 0.948 bits per heavy atom. The number of nitrogens with one attached hydrogen (secondary N) is 3. The Labute approximate surface area is 333 Å². The second-order valence-corrected chi connectivity index (χ2v) is 14.8. The lowest BCUT2D eigenvalue weighted by Crippen LogP contribution is -2.52. The number of pyridine rings is 1. The monoisotopic (exact) mass is 805 g/mol. The summed E-state index contributed by atoms with van der Waals surface area (Å²) in [6, 6.07) is 14.5. The van der Waals surface area contributed by atoms with Gasteiger partial charge in [0.25, 0.3) is 5.91 Å². The summed E-state index contributed by atoms with van der Waals surface area (Å²) in [5, 5.41) is 27.0. The highest BCUT2D eigenvalue weighted by Gasteiger charge is 2.36. The second kappa shape index (κ2) is 18.2. The Bertz CT molecular complexity index is 2010. The Morgan fingerprint density at radius 2 is 1.60 bits per heavy atom. The molecule has 4 heterocycles. The maximum absolute atomic E-state index is 13.3. The number of ether oxygens (including phenoxy) is 1. The summed E-state index contributed by atoms with van der Waals surface area (Å²) in [5.74, 6) is -0.825. The molecule has 0 bridgehead atoms. The van der Waals surface area contributed by atoms with Crippen LogP contribution in [0, 0.1) is 11.3 Å². The van der Waals surface area contributed by atoms with Gasteiger partial charge in [-0.2, -0.15) is 18.4 Å². The van der Waals surface area contributed by atoms with E-state index >= 15 is 0 Å². The highest BCUT2D eigenvalue weighted by molar-refractivity contribution is 6.01. The Hall–Kier alpha value is -5.77. The average Bonchev–Trinajstić information content (AvgIpc) is 3.20. The molecule has 4 amide bonds. The highest BCUT2D eigenvalue weighted by atomic mass is 19.4. The van der Waals surface area contributed by atoms with Crippen LogP contribution in [0.25, 0.3) is 0 Å². The third kappa shape index (κ3) is 11.0. The van der Waals surface area contributed by atoms with Crippen molar-refractivity contribution in [2.45, 2.75) is 44.0 Å². The van der Waals surface area contributed by atoms with Crippen molar-refractivity contribution in [1.82, 2.24) is 25.4 Å². The van der Waals surface area contributed by atoms with Crippen molar-refractivity contribution in [2.75, 3.05) is 87.2 Å². The molecule has 58 heavy (non-hydrogen) atoms. The molecule has 1 unspecified atom stereocenters. The number of piperazine rings is 2. The lowest BCUT2D eigenvalue weighted by atomic mass is 10.1. The minimum absolute atomic E-state index is 0.110. The molecular formula is C40H46F3N9O6. The van der Waals surface area contributed by atoms with Crippen molar-refractivity contribution in [3.8, 4) is 11.8 Å². The molecule has 0 aliphatic carbocycles. The quantitative estimate of drug-likeness (QED) is 0.185. The number of amides is 4. The Kier molecular flexibility index (Phi) is 13.1. The van der Waals surface area contributed by atoms with Gasteiger partial charge >= 0.3 is 6.18 Å². The summed E-state index contributed by atoms with van der Waals surface area (Å²) >= 11 is 0. The number of hydrogen-bond donors (Lipinski definition) is 4. The molecule has 2 atom stereocenters. The number of nitrogens with zero attached hydrogens (tertiary/aromatic N) is 6. The first kappa shape index (κ1) is 41.9. The third-order valence-electron chi connectivity index (χ3n) is 10.5. The number of aromatic nitrogens is 1. The van der Waals surface area contributed by atoms with Gasteiger partial charge in [0.2, 0.25) is 17.7 Å². The van der Waals surface area contributed by atoms with E-state index in [4.69, 9.17) is 10.00 Å². The smallest absolute Gasteiger partial charge is 0.417 e. The molecule has 3 aromatic rings. The SMILES string of the molecule is C[C@](O)(COc1ccc(N2CCN(CCN3CCN(c4cc(CC(=O)NC5CCC(=O)NC5=O)ccn4)CC3)CC2)cc1)C(=O)Nc1ccc(C#N)c(C(F)(F)F)c1. The number of nitriles is 1. The summed E-state index contributed by atoms with van der Waals surface area (Å²) < 4.78 is 45.6. The summed E-state index contributed by atoms with van der Waals surface area (Å²) in [6.07, 6.45) is -2.49. The summed E-state index contributed by atoms with van der Waals surface area (Å²) in [7, 11) is 0. The molecule has 0 spiro atoms. The fourth-order valence-corrected chi connectivity index (χ4v) is 6.98. The summed E-state index contributed by atoms with van der Waals surface area (Å²) in [5.41, 5.74) is -2.25. The lowest BCUT2D eigenvalue weighted by molar-refractivity contribution is -0.138. The van der Waals surface area contributed by atoms with Crippen molar-refractivity contribution in [1.29, 1.82) is 5.26 Å². The van der Waals surface area contributed by atoms with Gasteiger partial charge in [-0.3, -0.25) is 34.3 Å². The molecular weight excluding hydrogens is 759 g/mol. The van der Waals surface area contributed by atoms with Crippen LogP contribution in [-0.4, -0.2) is 127 Å². The zero-order valence-corrected chi connectivity index (χ0v) is 32.1. The normalized spacial score (nSPS) is 19.1. The largest absolute Gasteiger partial charge is 0.490 e. The maximum Gasteiger partial charge on any atom is 0.417 e. The van der Waals surface area contributed by atoms with Gasteiger partial charge in [-0.25, -0.2) is 4.98 Å². The predicted molar refractivity (Wildman–Crippen MR) is 207 cm³/mol. The van der Waals surface area contributed by atoms with Crippen LogP contribution in [0.15, 0.2) is 60.8 Å². The number of anilines is 3. The molecule has 0 radical (unpaired) electrons. The van der Waals surface area contributed by atoms with Gasteiger partial charge in [0.05, 0.1) is 23.6 Å². The number of hydrogen-bond acceptors (Lipinski definition) is 12. The van der Waals surface area contributed by atoms with Crippen molar-refractivity contribution in [3.63, 3.8) is 0 Å². The lowest BCUT2D eigenvalue weighted by Gasteiger charge is -2.39.